The van der Waals surface area contributed by atoms with Crippen LogP contribution in [0.4, 0.5) is 5.69 Å². The number of ether oxygens (including phenoxy) is 2. The zero-order valence-corrected chi connectivity index (χ0v) is 18.1. The number of hydrogen-bond acceptors (Lipinski definition) is 6. The Hall–Kier alpha value is -4.10. The van der Waals surface area contributed by atoms with Crippen LogP contribution in [0.2, 0.25) is 0 Å². The molecule has 2 aliphatic heterocycles. The molecule has 7 nitrogen and oxygen atoms in total. The fraction of sp³-hybridized carbons (Fsp3) is 0.185. The van der Waals surface area contributed by atoms with Gasteiger partial charge >= 0.3 is 0 Å². The van der Waals surface area contributed by atoms with Crippen LogP contribution in [0.1, 0.15) is 32.4 Å². The van der Waals surface area contributed by atoms with Crippen LogP contribution < -0.4 is 9.64 Å². The number of hydrogen-bond donors (Lipinski definition) is 0. The van der Waals surface area contributed by atoms with Crippen molar-refractivity contribution in [1.29, 1.82) is 0 Å². The van der Waals surface area contributed by atoms with Gasteiger partial charge in [-0.25, -0.2) is 4.90 Å². The van der Waals surface area contributed by atoms with E-state index in [4.69, 9.17) is 9.47 Å². The van der Waals surface area contributed by atoms with Crippen LogP contribution in [-0.4, -0.2) is 36.1 Å². The van der Waals surface area contributed by atoms with Crippen molar-refractivity contribution in [3.63, 3.8) is 0 Å². The Labute approximate surface area is 194 Å². The second-order valence-corrected chi connectivity index (χ2v) is 8.60. The molecule has 3 aromatic carbocycles. The van der Waals surface area contributed by atoms with Crippen molar-refractivity contribution in [2.24, 2.45) is 11.8 Å². The quantitative estimate of drug-likeness (QED) is 0.446. The Balaban J connectivity index is 1.53. The molecule has 1 spiro atoms. The number of Topliss-reactive ketones (excluding diaryl/α,β-unsaturated/α-hetero) is 2. The van der Waals surface area contributed by atoms with Gasteiger partial charge in [0.05, 0.1) is 30.7 Å². The smallest absolute Gasteiger partial charge is 0.241 e. The molecular weight excluding hydrogens is 434 g/mol. The molecule has 0 N–H and O–H groups in total. The molecule has 2 saturated heterocycles. The Kier molecular flexibility index (Phi) is 4.34. The third kappa shape index (κ3) is 2.50. The second kappa shape index (κ2) is 7.20. The Morgan fingerprint density at radius 1 is 0.765 bits per heavy atom. The summed E-state index contributed by atoms with van der Waals surface area (Å²) >= 11 is 0. The molecule has 2 fully saturated rings. The van der Waals surface area contributed by atoms with E-state index >= 15 is 0 Å². The summed E-state index contributed by atoms with van der Waals surface area (Å²) in [6, 6.07) is 21.8. The highest BCUT2D eigenvalue weighted by Gasteiger charge is 2.74. The van der Waals surface area contributed by atoms with Gasteiger partial charge in [0.2, 0.25) is 29.0 Å². The molecule has 3 aromatic rings. The first-order valence-electron chi connectivity index (χ1n) is 10.9. The van der Waals surface area contributed by atoms with Crippen molar-refractivity contribution in [2.75, 3.05) is 12.0 Å². The van der Waals surface area contributed by atoms with E-state index in [2.05, 4.69) is 0 Å². The molecule has 1 aliphatic carbocycles. The van der Waals surface area contributed by atoms with Crippen LogP contribution in [0, 0.1) is 11.8 Å². The monoisotopic (exact) mass is 453 g/mol. The summed E-state index contributed by atoms with van der Waals surface area (Å²) < 4.78 is 11.5. The number of anilines is 1. The van der Waals surface area contributed by atoms with E-state index in [9.17, 15) is 19.2 Å². The van der Waals surface area contributed by atoms with Crippen LogP contribution in [0.3, 0.4) is 0 Å². The van der Waals surface area contributed by atoms with Gasteiger partial charge in [-0.15, -0.1) is 0 Å². The lowest BCUT2D eigenvalue weighted by atomic mass is 9.77. The van der Waals surface area contributed by atoms with E-state index in [1.807, 2.05) is 0 Å². The molecule has 7 heteroatoms. The summed E-state index contributed by atoms with van der Waals surface area (Å²) in [6.45, 7) is 0. The molecule has 3 atom stereocenters. The van der Waals surface area contributed by atoms with Crippen molar-refractivity contribution in [1.82, 2.24) is 0 Å². The molecule has 0 radical (unpaired) electrons. The first-order chi connectivity index (χ1) is 16.5. The summed E-state index contributed by atoms with van der Waals surface area (Å²) in [6.07, 6.45) is -0.955. The van der Waals surface area contributed by atoms with E-state index in [0.717, 1.165) is 4.90 Å². The second-order valence-electron chi connectivity index (χ2n) is 8.60. The van der Waals surface area contributed by atoms with Gasteiger partial charge in [0.25, 0.3) is 0 Å². The number of amides is 2. The fourth-order valence-electron chi connectivity index (χ4n) is 5.44. The summed E-state index contributed by atoms with van der Waals surface area (Å²) in [5.41, 5.74) is -0.679. The molecule has 0 unspecified atom stereocenters. The van der Waals surface area contributed by atoms with E-state index in [1.54, 1.807) is 78.9 Å². The van der Waals surface area contributed by atoms with Gasteiger partial charge in [-0.3, -0.25) is 19.2 Å². The number of imide groups is 1. The standard InChI is InChI=1S/C27H19NO6/c1-33-17-13-11-15(12-14-17)22-20-21(26(32)28(25(20)31)16-7-3-2-4-8-16)27(34-22)23(29)18-9-5-6-10-19(18)24(27)30/h2-14,20-22H,1H3/t20-,21-,22-/m0/s1. The molecule has 168 valence electrons. The average molecular weight is 453 g/mol. The number of carbonyl (C=O) groups excluding carboxylic acids is 4. The molecule has 0 aromatic heterocycles. The predicted octanol–water partition coefficient (Wildman–Crippen LogP) is 3.39. The highest BCUT2D eigenvalue weighted by atomic mass is 16.5. The SMILES string of the molecule is COc1ccc([C@@H]2OC3(C(=O)c4ccccc4C3=O)[C@@H]3C(=O)N(c4ccccc4)C(=O)[C@@H]32)cc1. The molecule has 2 heterocycles. The van der Waals surface area contributed by atoms with Gasteiger partial charge in [-0.05, 0) is 29.8 Å². The topological polar surface area (TPSA) is 90.0 Å². The number of para-hydroxylation sites is 1. The van der Waals surface area contributed by atoms with E-state index in [-0.39, 0.29) is 11.1 Å². The molecule has 6 rings (SSSR count). The first kappa shape index (κ1) is 20.5. The Bertz CT molecular complexity index is 1330. The lowest BCUT2D eigenvalue weighted by Crippen LogP contribution is -2.51. The van der Waals surface area contributed by atoms with Crippen LogP contribution in [0.5, 0.6) is 5.75 Å². The zero-order valence-electron chi connectivity index (χ0n) is 18.1. The largest absolute Gasteiger partial charge is 0.497 e. The maximum Gasteiger partial charge on any atom is 0.241 e. The number of fused-ring (bicyclic) bond motifs is 3. The molecule has 0 saturated carbocycles. The number of ketones is 2. The highest BCUT2D eigenvalue weighted by Crippen LogP contribution is 2.57. The minimum Gasteiger partial charge on any atom is -0.497 e. The van der Waals surface area contributed by atoms with Gasteiger partial charge in [0.15, 0.2) is 0 Å². The van der Waals surface area contributed by atoms with Crippen LogP contribution in [-0.2, 0) is 14.3 Å². The summed E-state index contributed by atoms with van der Waals surface area (Å²) in [5, 5.41) is 0. The van der Waals surface area contributed by atoms with Gasteiger partial charge < -0.3 is 9.47 Å². The Morgan fingerprint density at radius 3 is 1.94 bits per heavy atom. The maximum absolute atomic E-state index is 13.8. The molecule has 3 aliphatic rings. The number of methoxy groups -OCH3 is 1. The van der Waals surface area contributed by atoms with Crippen LogP contribution >= 0.6 is 0 Å². The Morgan fingerprint density at radius 2 is 1.35 bits per heavy atom. The van der Waals surface area contributed by atoms with Crippen LogP contribution in [0.25, 0.3) is 0 Å². The van der Waals surface area contributed by atoms with Gasteiger partial charge in [0, 0.05) is 11.1 Å². The predicted molar refractivity (Wildman–Crippen MR) is 121 cm³/mol. The van der Waals surface area contributed by atoms with Crippen molar-refractivity contribution >= 4 is 29.1 Å². The molecule has 0 bridgehead atoms. The van der Waals surface area contributed by atoms with Gasteiger partial charge in [0.1, 0.15) is 5.75 Å². The third-order valence-corrected chi connectivity index (χ3v) is 6.98. The molecule has 34 heavy (non-hydrogen) atoms. The zero-order chi connectivity index (χ0) is 23.6. The number of rotatable bonds is 3. The summed E-state index contributed by atoms with van der Waals surface area (Å²) in [5.74, 6) is -3.93. The van der Waals surface area contributed by atoms with E-state index in [1.165, 1.54) is 7.11 Å². The number of benzene rings is 3. The lowest BCUT2D eigenvalue weighted by Gasteiger charge is -2.27. The van der Waals surface area contributed by atoms with Crippen molar-refractivity contribution in [3.05, 3.63) is 95.6 Å². The molecule has 2 amide bonds. The van der Waals surface area contributed by atoms with Gasteiger partial charge in [-0.2, -0.15) is 0 Å². The summed E-state index contributed by atoms with van der Waals surface area (Å²) in [4.78, 5) is 56.0. The third-order valence-electron chi connectivity index (χ3n) is 6.98. The van der Waals surface area contributed by atoms with Crippen molar-refractivity contribution < 1.29 is 28.7 Å². The van der Waals surface area contributed by atoms with Crippen molar-refractivity contribution in [2.45, 2.75) is 11.7 Å². The van der Waals surface area contributed by atoms with Crippen molar-refractivity contribution in [3.8, 4) is 5.75 Å². The van der Waals surface area contributed by atoms with E-state index in [0.29, 0.717) is 17.0 Å². The number of nitrogens with zero attached hydrogens (tertiary/aromatic N) is 1. The molecular formula is C27H19NO6. The minimum atomic E-state index is -2.07. The minimum absolute atomic E-state index is 0.208. The highest BCUT2D eigenvalue weighted by molar-refractivity contribution is 6.37. The van der Waals surface area contributed by atoms with Gasteiger partial charge in [-0.1, -0.05) is 54.6 Å². The van der Waals surface area contributed by atoms with E-state index < -0.39 is 46.9 Å². The van der Waals surface area contributed by atoms with Crippen LogP contribution in [0.15, 0.2) is 78.9 Å². The fourth-order valence-corrected chi connectivity index (χ4v) is 5.44. The summed E-state index contributed by atoms with van der Waals surface area (Å²) in [7, 11) is 1.54. The average Bonchev–Trinajstić information content (AvgIpc) is 3.44. The number of carbonyl (C=O) groups is 4. The normalized spacial score (nSPS) is 24.6. The lowest BCUT2D eigenvalue weighted by molar-refractivity contribution is -0.127. The first-order valence-corrected chi connectivity index (χ1v) is 10.9. The maximum atomic E-state index is 13.8.